The van der Waals surface area contributed by atoms with Crippen LogP contribution >= 0.6 is 0 Å². The molecule has 6 nitrogen and oxygen atoms in total. The summed E-state index contributed by atoms with van der Waals surface area (Å²) in [4.78, 5) is 16.1. The van der Waals surface area contributed by atoms with Crippen molar-refractivity contribution in [3.8, 4) is 62.1 Å². The van der Waals surface area contributed by atoms with Gasteiger partial charge in [-0.2, -0.15) is 9.97 Å². The van der Waals surface area contributed by atoms with Gasteiger partial charge in [-0.15, -0.1) is 0 Å². The molecule has 9 aromatic carbocycles. The molecule has 0 saturated heterocycles. The van der Waals surface area contributed by atoms with Gasteiger partial charge in [-0.1, -0.05) is 146 Å². The minimum absolute atomic E-state index is 0.510. The van der Waals surface area contributed by atoms with Crippen molar-refractivity contribution in [2.45, 2.75) is 0 Å². The lowest BCUT2D eigenvalue weighted by Crippen LogP contribution is -2.06. The molecule has 0 bridgehead atoms. The second-order valence-electron chi connectivity index (χ2n) is 16.0. The van der Waals surface area contributed by atoms with E-state index >= 15 is 0 Å². The number of nitrogens with zero attached hydrogens (tertiary/aromatic N) is 4. The number of fused-ring (bicyclic) bond motifs is 10. The normalized spacial score (nSPS) is 11.8. The minimum atomic E-state index is 0.510. The van der Waals surface area contributed by atoms with Gasteiger partial charge in [0.05, 0.1) is 11.0 Å². The highest BCUT2D eigenvalue weighted by Gasteiger charge is 2.23. The Morgan fingerprint density at radius 1 is 0.302 bits per heavy atom. The van der Waals surface area contributed by atoms with Gasteiger partial charge in [-0.3, -0.25) is 4.57 Å². The molecule has 0 unspecified atom stereocenters. The van der Waals surface area contributed by atoms with Crippen molar-refractivity contribution in [2.75, 3.05) is 0 Å². The maximum Gasteiger partial charge on any atom is 0.238 e. The Hall–Kier alpha value is -8.61. The largest absolute Gasteiger partial charge is 0.456 e. The van der Waals surface area contributed by atoms with Gasteiger partial charge in [-0.25, -0.2) is 4.98 Å². The van der Waals surface area contributed by atoms with E-state index in [2.05, 4.69) is 174 Å². The lowest BCUT2D eigenvalue weighted by Gasteiger charge is -2.13. The van der Waals surface area contributed by atoms with Gasteiger partial charge in [0.1, 0.15) is 22.3 Å². The third-order valence-electron chi connectivity index (χ3n) is 12.2. The fourth-order valence-electron chi connectivity index (χ4n) is 9.39. The highest BCUT2D eigenvalue weighted by Crippen LogP contribution is 2.42. The molecule has 0 aliphatic rings. The monoisotopic (exact) mass is 806 g/mol. The SMILES string of the molecule is c1ccc(-c2cc(-c3ccccc3)cc(-c3nc(-c4ccc5c(c4)oc4cccc(-c6ccccc6)c45)nc(-n4c5ccccc5c5c6c(ccc54)oc4ccccc46)n3)c2)cc1. The van der Waals surface area contributed by atoms with E-state index in [1.807, 2.05) is 36.4 Å². The summed E-state index contributed by atoms with van der Waals surface area (Å²) < 4.78 is 15.2. The zero-order valence-electron chi connectivity index (χ0n) is 33.7. The summed E-state index contributed by atoms with van der Waals surface area (Å²) in [5.41, 5.74) is 13.6. The van der Waals surface area contributed by atoms with Crippen LogP contribution in [-0.4, -0.2) is 19.5 Å². The molecule has 0 N–H and O–H groups in total. The van der Waals surface area contributed by atoms with Crippen LogP contribution in [0.1, 0.15) is 0 Å². The van der Waals surface area contributed by atoms with E-state index in [0.29, 0.717) is 17.6 Å². The summed E-state index contributed by atoms with van der Waals surface area (Å²) in [6.45, 7) is 0. The number of para-hydroxylation sites is 2. The average Bonchev–Trinajstić information content (AvgIpc) is 4.04. The molecular formula is C57H34N4O2. The first kappa shape index (κ1) is 35.2. The Morgan fingerprint density at radius 3 is 1.62 bits per heavy atom. The van der Waals surface area contributed by atoms with Crippen LogP contribution in [-0.2, 0) is 0 Å². The highest BCUT2D eigenvalue weighted by atomic mass is 16.3. The summed E-state index contributed by atoms with van der Waals surface area (Å²) in [7, 11) is 0. The van der Waals surface area contributed by atoms with Gasteiger partial charge < -0.3 is 8.83 Å². The molecule has 0 aliphatic carbocycles. The zero-order valence-corrected chi connectivity index (χ0v) is 33.7. The maximum atomic E-state index is 6.62. The fourth-order valence-corrected chi connectivity index (χ4v) is 9.39. The van der Waals surface area contributed by atoms with Gasteiger partial charge in [0, 0.05) is 43.4 Å². The van der Waals surface area contributed by atoms with E-state index in [1.54, 1.807) is 0 Å². The molecule has 13 rings (SSSR count). The first-order valence-electron chi connectivity index (χ1n) is 21.1. The highest BCUT2D eigenvalue weighted by molar-refractivity contribution is 6.27. The molecule has 63 heavy (non-hydrogen) atoms. The van der Waals surface area contributed by atoms with Crippen LogP contribution in [0.3, 0.4) is 0 Å². The van der Waals surface area contributed by atoms with Crippen molar-refractivity contribution in [3.63, 3.8) is 0 Å². The Kier molecular flexibility index (Phi) is 7.80. The Labute approximate surface area is 361 Å². The van der Waals surface area contributed by atoms with Crippen LogP contribution in [0.2, 0.25) is 0 Å². The summed E-state index contributed by atoms with van der Waals surface area (Å²) in [5, 5.41) is 6.43. The Morgan fingerprint density at radius 2 is 0.873 bits per heavy atom. The molecule has 0 spiro atoms. The third-order valence-corrected chi connectivity index (χ3v) is 12.2. The number of aromatic nitrogens is 4. The van der Waals surface area contributed by atoms with Crippen molar-refractivity contribution < 1.29 is 8.83 Å². The molecule has 4 aromatic heterocycles. The van der Waals surface area contributed by atoms with E-state index in [0.717, 1.165) is 110 Å². The van der Waals surface area contributed by atoms with Crippen molar-refractivity contribution in [3.05, 3.63) is 206 Å². The van der Waals surface area contributed by atoms with Crippen molar-refractivity contribution in [2.24, 2.45) is 0 Å². The summed E-state index contributed by atoms with van der Waals surface area (Å²) in [6, 6.07) is 71.5. The maximum absolute atomic E-state index is 6.62. The topological polar surface area (TPSA) is 69.9 Å². The van der Waals surface area contributed by atoms with E-state index in [-0.39, 0.29) is 0 Å². The van der Waals surface area contributed by atoms with E-state index < -0.39 is 0 Å². The molecular weight excluding hydrogens is 773 g/mol. The number of hydrogen-bond acceptors (Lipinski definition) is 5. The number of benzene rings is 9. The van der Waals surface area contributed by atoms with Gasteiger partial charge in [0.2, 0.25) is 5.95 Å². The van der Waals surface area contributed by atoms with Crippen LogP contribution in [0.15, 0.2) is 215 Å². The third kappa shape index (κ3) is 5.69. The van der Waals surface area contributed by atoms with Gasteiger partial charge in [-0.05, 0) is 94.0 Å². The van der Waals surface area contributed by atoms with Crippen molar-refractivity contribution >= 4 is 65.7 Å². The smallest absolute Gasteiger partial charge is 0.238 e. The summed E-state index contributed by atoms with van der Waals surface area (Å²) in [5.74, 6) is 1.60. The van der Waals surface area contributed by atoms with E-state index in [9.17, 15) is 0 Å². The lowest BCUT2D eigenvalue weighted by molar-refractivity contribution is 0.669. The fraction of sp³-hybridized carbons (Fsp3) is 0. The number of rotatable bonds is 6. The molecule has 0 aliphatic heterocycles. The first-order valence-corrected chi connectivity index (χ1v) is 21.1. The van der Waals surface area contributed by atoms with Gasteiger partial charge >= 0.3 is 0 Å². The van der Waals surface area contributed by atoms with Crippen LogP contribution in [0.5, 0.6) is 0 Å². The Balaban J connectivity index is 1.09. The predicted molar refractivity (Wildman–Crippen MR) is 256 cm³/mol. The molecule has 0 fully saturated rings. The Bertz CT molecular complexity index is 3850. The number of furan rings is 2. The molecule has 294 valence electrons. The molecule has 6 heteroatoms. The molecule has 0 atom stereocenters. The standard InChI is InChI=1S/C57H34N4O2/c1-4-15-35(16-5-1)39-31-40(36-17-6-2-7-18-36)33-41(32-39)56-58-55(38-27-28-45-51(34-38)63-49-26-14-23-42(52(45)49)37-19-8-3-9-20-37)59-57(60-56)61-46-24-12-10-21-43(46)53-47(61)29-30-50-54(53)44-22-11-13-25-48(44)62-50/h1-34H. The van der Waals surface area contributed by atoms with Crippen LogP contribution in [0, 0.1) is 0 Å². The summed E-state index contributed by atoms with van der Waals surface area (Å²) in [6.07, 6.45) is 0. The predicted octanol–water partition coefficient (Wildman–Crippen LogP) is 15.1. The van der Waals surface area contributed by atoms with E-state index in [4.69, 9.17) is 23.8 Å². The number of hydrogen-bond donors (Lipinski definition) is 0. The quantitative estimate of drug-likeness (QED) is 0.167. The minimum Gasteiger partial charge on any atom is -0.456 e. The average molecular weight is 807 g/mol. The van der Waals surface area contributed by atoms with E-state index in [1.165, 1.54) is 0 Å². The molecule has 0 amide bonds. The molecule has 4 heterocycles. The zero-order chi connectivity index (χ0) is 41.4. The second kappa shape index (κ2) is 14.0. The van der Waals surface area contributed by atoms with Gasteiger partial charge in [0.15, 0.2) is 11.6 Å². The molecule has 0 saturated carbocycles. The van der Waals surface area contributed by atoms with Crippen LogP contribution < -0.4 is 0 Å². The second-order valence-corrected chi connectivity index (χ2v) is 16.0. The van der Waals surface area contributed by atoms with Crippen molar-refractivity contribution in [1.82, 2.24) is 19.5 Å². The first-order chi connectivity index (χ1) is 31.2. The summed E-state index contributed by atoms with van der Waals surface area (Å²) >= 11 is 0. The lowest BCUT2D eigenvalue weighted by atomic mass is 9.96. The molecule has 0 radical (unpaired) electrons. The van der Waals surface area contributed by atoms with Crippen LogP contribution in [0.4, 0.5) is 0 Å². The molecule has 13 aromatic rings. The van der Waals surface area contributed by atoms with Crippen molar-refractivity contribution in [1.29, 1.82) is 0 Å². The van der Waals surface area contributed by atoms with Gasteiger partial charge in [0.25, 0.3) is 0 Å². The van der Waals surface area contributed by atoms with Crippen LogP contribution in [0.25, 0.3) is 128 Å².